The molecular formula is C24H30FN3O5. The first-order valence-electron chi connectivity index (χ1n) is 11.7. The molecule has 0 bridgehead atoms. The highest BCUT2D eigenvalue weighted by Gasteiger charge is 2.56. The Bertz CT molecular complexity index is 940. The van der Waals surface area contributed by atoms with Gasteiger partial charge in [0.2, 0.25) is 17.7 Å². The molecule has 4 rings (SSSR count). The van der Waals surface area contributed by atoms with Crippen LogP contribution >= 0.6 is 0 Å². The van der Waals surface area contributed by atoms with Crippen molar-refractivity contribution in [1.82, 2.24) is 14.7 Å². The van der Waals surface area contributed by atoms with E-state index in [1.165, 1.54) is 23.1 Å². The SMILES string of the molecule is CCOC(=O)N1CCN(C(=O)CC2(c3cccc(F)c3)CC(=O)N(C3CCCC3)C2=O)CC1. The lowest BCUT2D eigenvalue weighted by Crippen LogP contribution is -2.52. The summed E-state index contributed by atoms with van der Waals surface area (Å²) in [7, 11) is 0. The molecule has 0 spiro atoms. The van der Waals surface area contributed by atoms with Crippen LogP contribution in [0.5, 0.6) is 0 Å². The molecule has 33 heavy (non-hydrogen) atoms. The maximum atomic E-state index is 14.1. The summed E-state index contributed by atoms with van der Waals surface area (Å²) in [6, 6.07) is 5.52. The number of nitrogens with zero attached hydrogens (tertiary/aromatic N) is 3. The van der Waals surface area contributed by atoms with E-state index in [2.05, 4.69) is 0 Å². The van der Waals surface area contributed by atoms with Crippen molar-refractivity contribution in [2.24, 2.45) is 0 Å². The van der Waals surface area contributed by atoms with Crippen LogP contribution in [0.1, 0.15) is 51.0 Å². The van der Waals surface area contributed by atoms with E-state index >= 15 is 0 Å². The molecule has 0 N–H and O–H groups in total. The van der Waals surface area contributed by atoms with Gasteiger partial charge in [0, 0.05) is 45.1 Å². The fourth-order valence-electron chi connectivity index (χ4n) is 5.27. The lowest BCUT2D eigenvalue weighted by Gasteiger charge is -2.36. The van der Waals surface area contributed by atoms with Crippen molar-refractivity contribution in [3.63, 3.8) is 0 Å². The summed E-state index contributed by atoms with van der Waals surface area (Å²) in [5.74, 6) is -1.49. The van der Waals surface area contributed by atoms with Crippen LogP contribution in [-0.4, -0.2) is 77.3 Å². The molecule has 2 heterocycles. The highest BCUT2D eigenvalue weighted by molar-refractivity contribution is 6.11. The molecular weight excluding hydrogens is 429 g/mol. The number of ether oxygens (including phenoxy) is 1. The molecule has 2 aliphatic heterocycles. The molecule has 1 aliphatic carbocycles. The van der Waals surface area contributed by atoms with E-state index in [0.29, 0.717) is 31.7 Å². The predicted octanol–water partition coefficient (Wildman–Crippen LogP) is 2.46. The monoisotopic (exact) mass is 459 g/mol. The van der Waals surface area contributed by atoms with Gasteiger partial charge in [-0.2, -0.15) is 0 Å². The minimum Gasteiger partial charge on any atom is -0.450 e. The first kappa shape index (κ1) is 23.2. The third-order valence-corrected chi connectivity index (χ3v) is 7.03. The van der Waals surface area contributed by atoms with E-state index in [1.807, 2.05) is 0 Å². The molecule has 1 saturated carbocycles. The van der Waals surface area contributed by atoms with Gasteiger partial charge in [0.15, 0.2) is 0 Å². The second kappa shape index (κ2) is 9.49. The van der Waals surface area contributed by atoms with E-state index in [1.54, 1.807) is 22.8 Å². The van der Waals surface area contributed by atoms with E-state index in [4.69, 9.17) is 4.74 Å². The number of imide groups is 1. The Kier molecular flexibility index (Phi) is 6.67. The second-order valence-electron chi connectivity index (χ2n) is 9.02. The first-order valence-corrected chi connectivity index (χ1v) is 11.7. The molecule has 1 atom stereocenters. The Morgan fingerprint density at radius 2 is 1.76 bits per heavy atom. The number of hydrogen-bond donors (Lipinski definition) is 0. The summed E-state index contributed by atoms with van der Waals surface area (Å²) >= 11 is 0. The third kappa shape index (κ3) is 4.45. The molecule has 9 heteroatoms. The average Bonchev–Trinajstić information content (AvgIpc) is 3.40. The fraction of sp³-hybridized carbons (Fsp3) is 0.583. The molecule has 178 valence electrons. The van der Waals surface area contributed by atoms with Gasteiger partial charge in [-0.3, -0.25) is 19.3 Å². The molecule has 4 amide bonds. The zero-order chi connectivity index (χ0) is 23.6. The number of piperazine rings is 1. The molecule has 1 aromatic rings. The van der Waals surface area contributed by atoms with Crippen molar-refractivity contribution in [2.45, 2.75) is 56.9 Å². The molecule has 1 aromatic carbocycles. The number of hydrogen-bond acceptors (Lipinski definition) is 5. The van der Waals surface area contributed by atoms with Crippen molar-refractivity contribution in [3.8, 4) is 0 Å². The minimum atomic E-state index is -1.41. The van der Waals surface area contributed by atoms with Crippen molar-refractivity contribution in [2.75, 3.05) is 32.8 Å². The van der Waals surface area contributed by atoms with Crippen LogP contribution in [-0.2, 0) is 24.5 Å². The lowest BCUT2D eigenvalue weighted by atomic mass is 9.75. The summed E-state index contributed by atoms with van der Waals surface area (Å²) in [6.45, 7) is 3.30. The summed E-state index contributed by atoms with van der Waals surface area (Å²) in [6.07, 6.45) is 2.69. The highest BCUT2D eigenvalue weighted by Crippen LogP contribution is 2.43. The van der Waals surface area contributed by atoms with Gasteiger partial charge in [-0.05, 0) is 37.5 Å². The Morgan fingerprint density at radius 3 is 2.39 bits per heavy atom. The van der Waals surface area contributed by atoms with Crippen LogP contribution in [0.15, 0.2) is 24.3 Å². The molecule has 1 unspecified atom stereocenters. The summed E-state index contributed by atoms with van der Waals surface area (Å²) < 4.78 is 19.1. The number of carbonyl (C=O) groups is 4. The number of benzene rings is 1. The van der Waals surface area contributed by atoms with Crippen molar-refractivity contribution >= 4 is 23.8 Å². The number of rotatable bonds is 5. The summed E-state index contributed by atoms with van der Waals surface area (Å²) in [5, 5.41) is 0. The summed E-state index contributed by atoms with van der Waals surface area (Å²) in [4.78, 5) is 56.5. The quantitative estimate of drug-likeness (QED) is 0.632. The van der Waals surface area contributed by atoms with E-state index in [0.717, 1.165) is 25.7 Å². The topological polar surface area (TPSA) is 87.2 Å². The van der Waals surface area contributed by atoms with Crippen molar-refractivity contribution in [1.29, 1.82) is 0 Å². The van der Waals surface area contributed by atoms with Crippen LogP contribution in [0, 0.1) is 5.82 Å². The second-order valence-corrected chi connectivity index (χ2v) is 9.02. The van der Waals surface area contributed by atoms with Gasteiger partial charge in [0.05, 0.1) is 12.0 Å². The Balaban J connectivity index is 1.56. The largest absolute Gasteiger partial charge is 0.450 e. The Hall–Kier alpha value is -2.97. The van der Waals surface area contributed by atoms with E-state index in [-0.39, 0.29) is 37.3 Å². The van der Waals surface area contributed by atoms with Gasteiger partial charge in [0.25, 0.3) is 0 Å². The van der Waals surface area contributed by atoms with Crippen molar-refractivity contribution in [3.05, 3.63) is 35.6 Å². The van der Waals surface area contributed by atoms with Crippen LogP contribution in [0.2, 0.25) is 0 Å². The highest BCUT2D eigenvalue weighted by atomic mass is 19.1. The van der Waals surface area contributed by atoms with Gasteiger partial charge >= 0.3 is 6.09 Å². The lowest BCUT2D eigenvalue weighted by molar-refractivity contribution is -0.145. The maximum Gasteiger partial charge on any atom is 0.409 e. The predicted molar refractivity (Wildman–Crippen MR) is 117 cm³/mol. The van der Waals surface area contributed by atoms with Crippen LogP contribution in [0.4, 0.5) is 9.18 Å². The minimum absolute atomic E-state index is 0.139. The van der Waals surface area contributed by atoms with Crippen LogP contribution in [0.25, 0.3) is 0 Å². The molecule has 3 aliphatic rings. The van der Waals surface area contributed by atoms with Gasteiger partial charge in [-0.25, -0.2) is 9.18 Å². The number of carbonyl (C=O) groups excluding carboxylic acids is 4. The number of amides is 4. The Labute approximate surface area is 192 Å². The average molecular weight is 460 g/mol. The normalized spacial score (nSPS) is 24.0. The smallest absolute Gasteiger partial charge is 0.409 e. The van der Waals surface area contributed by atoms with Crippen LogP contribution in [0.3, 0.4) is 0 Å². The number of halogens is 1. The van der Waals surface area contributed by atoms with Gasteiger partial charge < -0.3 is 14.5 Å². The van der Waals surface area contributed by atoms with Crippen molar-refractivity contribution < 1.29 is 28.3 Å². The maximum absolute atomic E-state index is 14.1. The molecule has 2 saturated heterocycles. The fourth-order valence-corrected chi connectivity index (χ4v) is 5.27. The zero-order valence-electron chi connectivity index (χ0n) is 18.9. The molecule has 3 fully saturated rings. The Morgan fingerprint density at radius 1 is 1.09 bits per heavy atom. The molecule has 8 nitrogen and oxygen atoms in total. The van der Waals surface area contributed by atoms with Gasteiger partial charge in [-0.1, -0.05) is 25.0 Å². The molecule has 0 radical (unpaired) electrons. The van der Waals surface area contributed by atoms with Crippen LogP contribution < -0.4 is 0 Å². The van der Waals surface area contributed by atoms with Gasteiger partial charge in [0.1, 0.15) is 5.82 Å². The van der Waals surface area contributed by atoms with E-state index in [9.17, 15) is 23.6 Å². The van der Waals surface area contributed by atoms with E-state index < -0.39 is 23.2 Å². The molecule has 0 aromatic heterocycles. The third-order valence-electron chi connectivity index (χ3n) is 7.03. The number of likely N-dealkylation sites (tertiary alicyclic amines) is 1. The summed E-state index contributed by atoms with van der Waals surface area (Å²) in [5.41, 5.74) is -1.04. The zero-order valence-corrected chi connectivity index (χ0v) is 18.9. The van der Waals surface area contributed by atoms with Gasteiger partial charge in [-0.15, -0.1) is 0 Å². The standard InChI is InChI=1S/C24H30FN3O5/c1-2-33-23(32)27-12-10-26(11-13-27)20(29)15-24(17-6-5-7-18(25)14-17)16-21(30)28(22(24)31)19-8-3-4-9-19/h5-7,14,19H,2-4,8-13,15-16H2,1H3. The first-order chi connectivity index (χ1) is 15.9.